The maximum absolute atomic E-state index is 14.2. The Morgan fingerprint density at radius 1 is 1.05 bits per heavy atom. The van der Waals surface area contributed by atoms with Crippen molar-refractivity contribution in [3.63, 3.8) is 0 Å². The number of carbonyl (C=O) groups is 3. The van der Waals surface area contributed by atoms with E-state index in [0.29, 0.717) is 35.9 Å². The lowest BCUT2D eigenvalue weighted by Crippen LogP contribution is -2.44. The van der Waals surface area contributed by atoms with Crippen LogP contribution in [0.3, 0.4) is 0 Å². The minimum Gasteiger partial charge on any atom is -0.497 e. The lowest BCUT2D eigenvalue weighted by Gasteiger charge is -2.36. The van der Waals surface area contributed by atoms with E-state index in [0.717, 1.165) is 34.1 Å². The van der Waals surface area contributed by atoms with Crippen LogP contribution in [0.25, 0.3) is 10.9 Å². The number of imide groups is 1. The predicted molar refractivity (Wildman–Crippen MR) is 154 cm³/mol. The van der Waals surface area contributed by atoms with Crippen LogP contribution in [0.1, 0.15) is 53.5 Å². The second-order valence-corrected chi connectivity index (χ2v) is 10.8. The van der Waals surface area contributed by atoms with Crippen LogP contribution >= 0.6 is 0 Å². The summed E-state index contributed by atoms with van der Waals surface area (Å²) in [5.41, 5.74) is 4.30. The fraction of sp³-hybridized carbons (Fsp3) is 0.281. The number of H-pyrrole nitrogens is 1. The Morgan fingerprint density at radius 2 is 1.82 bits per heavy atom. The molecule has 8 nitrogen and oxygen atoms in total. The number of hydrogen-bond donors (Lipinski definition) is 2. The average Bonchev–Trinajstić information content (AvgIpc) is 3.45. The van der Waals surface area contributed by atoms with Crippen molar-refractivity contribution in [3.8, 4) is 5.75 Å². The van der Waals surface area contributed by atoms with Gasteiger partial charge >= 0.3 is 6.03 Å². The SMILES string of the molecule is COc1cccc(C2c3[nH]c4ccccc4c3C[C@H]3C(=O)N(c4ccccc4C(=O)NCCC(C)C)C(=O)N23)c1. The lowest BCUT2D eigenvalue weighted by molar-refractivity contribution is -0.120. The molecule has 0 bridgehead atoms. The largest absolute Gasteiger partial charge is 0.497 e. The Morgan fingerprint density at radius 3 is 2.62 bits per heavy atom. The number of benzene rings is 3. The van der Waals surface area contributed by atoms with Crippen molar-refractivity contribution in [2.75, 3.05) is 18.6 Å². The van der Waals surface area contributed by atoms with Gasteiger partial charge in [0, 0.05) is 29.6 Å². The average molecular weight is 537 g/mol. The van der Waals surface area contributed by atoms with Gasteiger partial charge in [0.15, 0.2) is 0 Å². The van der Waals surface area contributed by atoms with Gasteiger partial charge in [-0.3, -0.25) is 14.5 Å². The van der Waals surface area contributed by atoms with Gasteiger partial charge in [0.25, 0.3) is 11.8 Å². The second-order valence-electron chi connectivity index (χ2n) is 10.8. The van der Waals surface area contributed by atoms with Crippen molar-refractivity contribution < 1.29 is 19.1 Å². The van der Waals surface area contributed by atoms with Crippen molar-refractivity contribution in [1.29, 1.82) is 0 Å². The quantitative estimate of drug-likeness (QED) is 0.308. The fourth-order valence-electron chi connectivity index (χ4n) is 5.88. The van der Waals surface area contributed by atoms with Crippen LogP contribution in [0.15, 0.2) is 72.8 Å². The normalized spacial score (nSPS) is 18.3. The van der Waals surface area contributed by atoms with Crippen molar-refractivity contribution in [2.24, 2.45) is 5.92 Å². The molecule has 0 radical (unpaired) electrons. The standard InChI is InChI=1S/C32H32N4O4/c1-19(2)15-16-33-30(37)23-12-5-7-14-26(23)36-31(38)27-18-24-22-11-4-6-13-25(22)34-28(24)29(35(27)32(36)39)20-9-8-10-21(17-20)40-3/h4-14,17,19,27,29,34H,15-16,18H2,1-3H3,(H,33,37)/t27-,29?/m0/s1. The highest BCUT2D eigenvalue weighted by Gasteiger charge is 2.53. The first-order chi connectivity index (χ1) is 19.4. The number of urea groups is 1. The van der Waals surface area contributed by atoms with Gasteiger partial charge in [-0.15, -0.1) is 0 Å². The molecule has 2 aliphatic rings. The molecule has 1 unspecified atom stereocenters. The van der Waals surface area contributed by atoms with Gasteiger partial charge in [-0.2, -0.15) is 0 Å². The number of hydrogen-bond acceptors (Lipinski definition) is 4. The number of fused-ring (bicyclic) bond motifs is 4. The van der Waals surface area contributed by atoms with Crippen molar-refractivity contribution in [1.82, 2.24) is 15.2 Å². The minimum atomic E-state index is -0.715. The molecule has 2 atom stereocenters. The van der Waals surface area contributed by atoms with Crippen LogP contribution in [0.4, 0.5) is 10.5 Å². The van der Waals surface area contributed by atoms with E-state index < -0.39 is 18.1 Å². The molecule has 3 aromatic carbocycles. The third-order valence-corrected chi connectivity index (χ3v) is 7.86. The van der Waals surface area contributed by atoms with Crippen molar-refractivity contribution in [2.45, 2.75) is 38.8 Å². The van der Waals surface area contributed by atoms with Crippen LogP contribution in [0, 0.1) is 5.92 Å². The van der Waals surface area contributed by atoms with Gasteiger partial charge in [0.05, 0.1) is 18.4 Å². The molecule has 1 aromatic heterocycles. The number of ether oxygens (including phenoxy) is 1. The molecule has 1 saturated heterocycles. The molecule has 6 rings (SSSR count). The molecule has 0 spiro atoms. The number of methoxy groups -OCH3 is 1. The molecule has 4 aromatic rings. The highest BCUT2D eigenvalue weighted by atomic mass is 16.5. The highest BCUT2D eigenvalue weighted by Crippen LogP contribution is 2.45. The van der Waals surface area contributed by atoms with E-state index in [1.807, 2.05) is 48.5 Å². The van der Waals surface area contributed by atoms with Gasteiger partial charge in [-0.1, -0.05) is 56.3 Å². The zero-order chi connectivity index (χ0) is 28.0. The monoisotopic (exact) mass is 536 g/mol. The smallest absolute Gasteiger partial charge is 0.332 e. The first-order valence-electron chi connectivity index (χ1n) is 13.7. The molecule has 2 N–H and O–H groups in total. The molecule has 4 amide bonds. The maximum Gasteiger partial charge on any atom is 0.332 e. The van der Waals surface area contributed by atoms with E-state index in [-0.39, 0.29) is 11.8 Å². The minimum absolute atomic E-state index is 0.298. The third kappa shape index (κ3) is 4.20. The Bertz CT molecular complexity index is 1620. The van der Waals surface area contributed by atoms with Gasteiger partial charge < -0.3 is 15.0 Å². The molecule has 0 saturated carbocycles. The first kappa shape index (κ1) is 25.7. The summed E-state index contributed by atoms with van der Waals surface area (Å²) in [5, 5.41) is 3.98. The molecule has 1 fully saturated rings. The predicted octanol–water partition coefficient (Wildman–Crippen LogP) is 5.44. The number of anilines is 1. The summed E-state index contributed by atoms with van der Waals surface area (Å²) in [6, 6.07) is 20.7. The molecular weight excluding hydrogens is 504 g/mol. The van der Waals surface area contributed by atoms with Gasteiger partial charge in [0.2, 0.25) is 0 Å². The Labute approximate surface area is 232 Å². The number of aromatic amines is 1. The Kier molecular flexibility index (Phi) is 6.54. The topological polar surface area (TPSA) is 94.7 Å². The second kappa shape index (κ2) is 10.2. The summed E-state index contributed by atoms with van der Waals surface area (Å²) in [5.74, 6) is 0.462. The summed E-state index contributed by atoms with van der Waals surface area (Å²) in [6.45, 7) is 4.70. The summed E-state index contributed by atoms with van der Waals surface area (Å²) in [4.78, 5) is 47.9. The van der Waals surface area contributed by atoms with Gasteiger partial charge in [-0.25, -0.2) is 9.69 Å². The van der Waals surface area contributed by atoms with Crippen molar-refractivity contribution >= 4 is 34.4 Å². The number of nitrogens with one attached hydrogen (secondary N) is 2. The fourth-order valence-corrected chi connectivity index (χ4v) is 5.88. The van der Waals surface area contributed by atoms with Gasteiger partial charge in [-0.05, 0) is 53.8 Å². The third-order valence-electron chi connectivity index (χ3n) is 7.86. The number of nitrogens with zero attached hydrogens (tertiary/aromatic N) is 2. The van der Waals surface area contributed by atoms with E-state index >= 15 is 0 Å². The van der Waals surface area contributed by atoms with Crippen LogP contribution in [-0.2, 0) is 11.2 Å². The molecule has 2 aliphatic heterocycles. The number of amides is 4. The molecule has 3 heterocycles. The molecule has 0 aliphatic carbocycles. The lowest BCUT2D eigenvalue weighted by atomic mass is 9.89. The summed E-state index contributed by atoms with van der Waals surface area (Å²) in [6.07, 6.45) is 1.21. The van der Waals surface area contributed by atoms with Crippen LogP contribution in [0.2, 0.25) is 0 Å². The number of aromatic nitrogens is 1. The molecular formula is C32H32N4O4. The van der Waals surface area contributed by atoms with E-state index in [4.69, 9.17) is 4.74 Å². The summed E-state index contributed by atoms with van der Waals surface area (Å²) in [7, 11) is 1.60. The zero-order valence-electron chi connectivity index (χ0n) is 22.8. The highest BCUT2D eigenvalue weighted by molar-refractivity contribution is 6.24. The Hall–Kier alpha value is -4.59. The van der Waals surface area contributed by atoms with Crippen molar-refractivity contribution in [3.05, 3.63) is 95.2 Å². The van der Waals surface area contributed by atoms with E-state index in [1.165, 1.54) is 4.90 Å². The van der Waals surface area contributed by atoms with Crippen LogP contribution in [0.5, 0.6) is 5.75 Å². The van der Waals surface area contributed by atoms with Crippen LogP contribution < -0.4 is 15.0 Å². The van der Waals surface area contributed by atoms with Gasteiger partial charge in [0.1, 0.15) is 17.8 Å². The summed E-state index contributed by atoms with van der Waals surface area (Å²) < 4.78 is 5.50. The van der Waals surface area contributed by atoms with E-state index in [2.05, 4.69) is 24.1 Å². The molecule has 8 heteroatoms. The number of rotatable bonds is 7. The first-order valence-corrected chi connectivity index (χ1v) is 13.7. The summed E-state index contributed by atoms with van der Waals surface area (Å²) >= 11 is 0. The van der Waals surface area contributed by atoms with E-state index in [9.17, 15) is 14.4 Å². The molecule has 204 valence electrons. The molecule has 40 heavy (non-hydrogen) atoms. The van der Waals surface area contributed by atoms with Crippen LogP contribution in [-0.4, -0.2) is 47.4 Å². The maximum atomic E-state index is 14.2. The Balaban J connectivity index is 1.44. The van der Waals surface area contributed by atoms with E-state index in [1.54, 1.807) is 36.3 Å². The number of para-hydroxylation sites is 2. The zero-order valence-corrected chi connectivity index (χ0v) is 22.8. The number of carbonyl (C=O) groups excluding carboxylic acids is 3.